The van der Waals surface area contributed by atoms with Crippen LogP contribution in [0.1, 0.15) is 19.3 Å². The van der Waals surface area contributed by atoms with Crippen LogP contribution in [0.2, 0.25) is 0 Å². The van der Waals surface area contributed by atoms with Gasteiger partial charge in [0.2, 0.25) is 0 Å². The van der Waals surface area contributed by atoms with E-state index in [2.05, 4.69) is 0 Å². The molecule has 0 aliphatic rings. The second-order valence-corrected chi connectivity index (χ2v) is 2.90. The van der Waals surface area contributed by atoms with Crippen molar-refractivity contribution in [1.29, 1.82) is 0 Å². The maximum absolute atomic E-state index is 10.4. The van der Waals surface area contributed by atoms with Gasteiger partial charge < -0.3 is 20.1 Å². The predicted molar refractivity (Wildman–Crippen MR) is 44.7 cm³/mol. The van der Waals surface area contributed by atoms with E-state index in [1.165, 1.54) is 0 Å². The number of aliphatic hydroxyl groups excluding tert-OH is 1. The van der Waals surface area contributed by atoms with Crippen molar-refractivity contribution < 1.29 is 29.7 Å². The molecule has 0 spiro atoms. The zero-order chi connectivity index (χ0) is 11.1. The average Bonchev–Trinajstić information content (AvgIpc) is 2.09. The molecule has 0 aromatic heterocycles. The van der Waals surface area contributed by atoms with Gasteiger partial charge in [-0.25, -0.2) is 0 Å². The van der Waals surface area contributed by atoms with Gasteiger partial charge in [-0.05, 0) is 6.42 Å². The van der Waals surface area contributed by atoms with Crippen LogP contribution in [-0.2, 0) is 14.4 Å². The van der Waals surface area contributed by atoms with Crippen LogP contribution in [0.15, 0.2) is 0 Å². The molecule has 80 valence electrons. The van der Waals surface area contributed by atoms with E-state index in [1.807, 2.05) is 0 Å². The fourth-order valence-electron chi connectivity index (χ4n) is 0.962. The minimum atomic E-state index is -1.21. The molecule has 0 heterocycles. The lowest BCUT2D eigenvalue weighted by Crippen LogP contribution is -2.25. The Balaban J connectivity index is 4.03. The minimum absolute atomic E-state index is 0.119. The summed E-state index contributed by atoms with van der Waals surface area (Å²) in [7, 11) is 0. The van der Waals surface area contributed by atoms with Crippen molar-refractivity contribution in [3.05, 3.63) is 0 Å². The van der Waals surface area contributed by atoms with E-state index in [1.54, 1.807) is 0 Å². The molecular weight excluding hydrogens is 192 g/mol. The summed E-state index contributed by atoms with van der Waals surface area (Å²) < 4.78 is 0. The molecule has 2 atom stereocenters. The smallest absolute Gasteiger partial charge is 0.304 e. The van der Waals surface area contributed by atoms with Gasteiger partial charge in [0.05, 0.1) is 18.4 Å². The van der Waals surface area contributed by atoms with Crippen LogP contribution < -0.4 is 0 Å². The van der Waals surface area contributed by atoms with Gasteiger partial charge in [0, 0.05) is 6.42 Å². The molecular formula is C8H12O6. The highest BCUT2D eigenvalue weighted by Gasteiger charge is 2.21. The molecule has 2 unspecified atom stereocenters. The zero-order valence-corrected chi connectivity index (χ0v) is 7.42. The van der Waals surface area contributed by atoms with Crippen LogP contribution in [0.5, 0.6) is 0 Å². The van der Waals surface area contributed by atoms with Crippen molar-refractivity contribution >= 4 is 18.2 Å². The van der Waals surface area contributed by atoms with Crippen LogP contribution in [-0.4, -0.2) is 39.6 Å². The monoisotopic (exact) mass is 204 g/mol. The van der Waals surface area contributed by atoms with Gasteiger partial charge in [-0.1, -0.05) is 0 Å². The number of rotatable bonds is 7. The largest absolute Gasteiger partial charge is 0.481 e. The Bertz CT molecular complexity index is 224. The van der Waals surface area contributed by atoms with Crippen LogP contribution >= 0.6 is 0 Å². The normalized spacial score (nSPS) is 14.4. The summed E-state index contributed by atoms with van der Waals surface area (Å²) in [5.41, 5.74) is 0. The van der Waals surface area contributed by atoms with E-state index < -0.39 is 30.4 Å². The van der Waals surface area contributed by atoms with E-state index >= 15 is 0 Å². The van der Waals surface area contributed by atoms with Crippen LogP contribution in [0, 0.1) is 5.92 Å². The molecule has 0 rings (SSSR count). The summed E-state index contributed by atoms with van der Waals surface area (Å²) in [6.45, 7) is 0. The van der Waals surface area contributed by atoms with E-state index in [0.717, 1.165) is 0 Å². The number of aliphatic hydroxyl groups is 1. The Morgan fingerprint density at radius 3 is 2.14 bits per heavy atom. The number of aliphatic carboxylic acids is 2. The Kier molecular flexibility index (Phi) is 5.47. The molecule has 0 radical (unpaired) electrons. The first-order valence-corrected chi connectivity index (χ1v) is 4.04. The molecule has 0 saturated heterocycles. The van der Waals surface area contributed by atoms with Crippen LogP contribution in [0.3, 0.4) is 0 Å². The molecule has 0 saturated carbocycles. The van der Waals surface area contributed by atoms with Crippen molar-refractivity contribution in [2.45, 2.75) is 25.4 Å². The molecule has 0 aromatic rings. The summed E-state index contributed by atoms with van der Waals surface area (Å²) in [6.07, 6.45) is -1.76. The summed E-state index contributed by atoms with van der Waals surface area (Å²) in [6, 6.07) is 0. The Hall–Kier alpha value is -1.43. The molecule has 0 aliphatic carbocycles. The first-order chi connectivity index (χ1) is 6.47. The number of carboxylic acids is 2. The summed E-state index contributed by atoms with van der Waals surface area (Å²) >= 11 is 0. The van der Waals surface area contributed by atoms with E-state index in [9.17, 15) is 19.5 Å². The first kappa shape index (κ1) is 12.6. The minimum Gasteiger partial charge on any atom is -0.481 e. The number of carbonyl (C=O) groups is 3. The number of carbonyl (C=O) groups excluding carboxylic acids is 1. The molecule has 0 amide bonds. The SMILES string of the molecule is O=CC(CC(=O)O)C(O)CCC(=O)O. The topological polar surface area (TPSA) is 112 Å². The molecule has 6 heteroatoms. The van der Waals surface area contributed by atoms with Crippen molar-refractivity contribution in [3.63, 3.8) is 0 Å². The Morgan fingerprint density at radius 1 is 1.21 bits per heavy atom. The lowest BCUT2D eigenvalue weighted by atomic mass is 9.97. The van der Waals surface area contributed by atoms with Gasteiger partial charge in [-0.3, -0.25) is 9.59 Å². The predicted octanol–water partition coefficient (Wildman–Crippen LogP) is -0.498. The molecule has 3 N–H and O–H groups in total. The highest BCUT2D eigenvalue weighted by molar-refractivity contribution is 5.72. The van der Waals surface area contributed by atoms with Gasteiger partial charge in [0.25, 0.3) is 0 Å². The van der Waals surface area contributed by atoms with Gasteiger partial charge in [0.1, 0.15) is 6.29 Å². The van der Waals surface area contributed by atoms with E-state index in [0.29, 0.717) is 6.29 Å². The summed E-state index contributed by atoms with van der Waals surface area (Å²) in [5.74, 6) is -3.33. The summed E-state index contributed by atoms with van der Waals surface area (Å²) in [5, 5.41) is 25.9. The lowest BCUT2D eigenvalue weighted by Gasteiger charge is -2.14. The summed E-state index contributed by atoms with van der Waals surface area (Å²) in [4.78, 5) is 30.7. The third kappa shape index (κ3) is 5.26. The lowest BCUT2D eigenvalue weighted by molar-refractivity contribution is -0.141. The Labute approximate surface area is 80.2 Å². The second-order valence-electron chi connectivity index (χ2n) is 2.90. The number of carboxylic acid groups (broad SMARTS) is 2. The zero-order valence-electron chi connectivity index (χ0n) is 7.42. The van der Waals surface area contributed by atoms with E-state index in [-0.39, 0.29) is 12.8 Å². The van der Waals surface area contributed by atoms with Crippen LogP contribution in [0.4, 0.5) is 0 Å². The third-order valence-electron chi connectivity index (χ3n) is 1.73. The van der Waals surface area contributed by atoms with Gasteiger partial charge in [0.15, 0.2) is 0 Å². The number of aldehydes is 1. The fraction of sp³-hybridized carbons (Fsp3) is 0.625. The molecule has 6 nitrogen and oxygen atoms in total. The first-order valence-electron chi connectivity index (χ1n) is 4.04. The van der Waals surface area contributed by atoms with Gasteiger partial charge >= 0.3 is 11.9 Å². The van der Waals surface area contributed by atoms with Gasteiger partial charge in [-0.15, -0.1) is 0 Å². The molecule has 0 fully saturated rings. The third-order valence-corrected chi connectivity index (χ3v) is 1.73. The molecule has 0 aliphatic heterocycles. The maximum atomic E-state index is 10.4. The molecule has 0 aromatic carbocycles. The van der Waals surface area contributed by atoms with Gasteiger partial charge in [-0.2, -0.15) is 0 Å². The standard InChI is InChI=1S/C8H12O6/c9-4-5(3-8(13)14)6(10)1-2-7(11)12/h4-6,10H,1-3H2,(H,11,12)(H,13,14). The Morgan fingerprint density at radius 2 is 1.79 bits per heavy atom. The van der Waals surface area contributed by atoms with Crippen molar-refractivity contribution in [3.8, 4) is 0 Å². The molecule has 0 bridgehead atoms. The number of hydrogen-bond donors (Lipinski definition) is 3. The molecule has 14 heavy (non-hydrogen) atoms. The maximum Gasteiger partial charge on any atom is 0.304 e. The van der Waals surface area contributed by atoms with Crippen LogP contribution in [0.25, 0.3) is 0 Å². The quantitative estimate of drug-likeness (QED) is 0.482. The highest BCUT2D eigenvalue weighted by Crippen LogP contribution is 2.11. The average molecular weight is 204 g/mol. The second kappa shape index (κ2) is 6.09. The van der Waals surface area contributed by atoms with E-state index in [4.69, 9.17) is 10.2 Å². The number of hydrogen-bond acceptors (Lipinski definition) is 4. The van der Waals surface area contributed by atoms with Crippen molar-refractivity contribution in [2.24, 2.45) is 5.92 Å². The highest BCUT2D eigenvalue weighted by atomic mass is 16.4. The fourth-order valence-corrected chi connectivity index (χ4v) is 0.962. The van der Waals surface area contributed by atoms with Crippen molar-refractivity contribution in [2.75, 3.05) is 0 Å². The van der Waals surface area contributed by atoms with Crippen molar-refractivity contribution in [1.82, 2.24) is 0 Å².